The molecule has 0 spiro atoms. The van der Waals surface area contributed by atoms with E-state index in [9.17, 15) is 0 Å². The Balaban J connectivity index is 1.74. The summed E-state index contributed by atoms with van der Waals surface area (Å²) < 4.78 is 2.05. The average Bonchev–Trinajstić information content (AvgIpc) is 3.31. The number of hydrogen-bond donors (Lipinski definition) is 0. The highest BCUT2D eigenvalue weighted by atomic mass is 32.2. The summed E-state index contributed by atoms with van der Waals surface area (Å²) in [6, 6.07) is 35.0. The lowest BCUT2D eigenvalue weighted by molar-refractivity contribution is 0.829. The first kappa shape index (κ1) is 18.1. The molecule has 0 unspecified atom stereocenters. The standard InChI is InChI=1S/C29H20N2S/c1-19-16-17-24-27-26(19)22-14-8-9-15-23(22)28-30-18-25(31(27)28)29(32-24,20-10-4-2-5-11-20)21-12-6-3-7-13-21/h2-18H,1H3. The molecular formula is C29H20N2S. The highest BCUT2D eigenvalue weighted by Crippen LogP contribution is 2.56. The number of aromatic nitrogens is 2. The maximum absolute atomic E-state index is 5.03. The van der Waals surface area contributed by atoms with Crippen LogP contribution in [0.1, 0.15) is 22.4 Å². The van der Waals surface area contributed by atoms with Crippen LogP contribution in [0.2, 0.25) is 0 Å². The number of thioether (sulfide) groups is 1. The van der Waals surface area contributed by atoms with Crippen LogP contribution < -0.4 is 0 Å². The van der Waals surface area contributed by atoms with Gasteiger partial charge in [0.1, 0.15) is 10.4 Å². The number of hydrogen-bond acceptors (Lipinski definition) is 2. The summed E-state index contributed by atoms with van der Waals surface area (Å²) in [7, 11) is 0. The topological polar surface area (TPSA) is 17.3 Å². The summed E-state index contributed by atoms with van der Waals surface area (Å²) in [5, 5.41) is 3.81. The second-order valence-electron chi connectivity index (χ2n) is 8.47. The minimum absolute atomic E-state index is 0.375. The van der Waals surface area contributed by atoms with Crippen molar-refractivity contribution in [2.24, 2.45) is 0 Å². The van der Waals surface area contributed by atoms with Gasteiger partial charge in [-0.15, -0.1) is 11.8 Å². The molecule has 6 aromatic rings. The SMILES string of the molecule is Cc1ccc2c3c1c1ccccc1c1ncc(n13)C(c1ccccc1)(c1ccccc1)S2. The van der Waals surface area contributed by atoms with Crippen LogP contribution in [0.3, 0.4) is 0 Å². The molecule has 0 atom stereocenters. The highest BCUT2D eigenvalue weighted by molar-refractivity contribution is 8.01. The lowest BCUT2D eigenvalue weighted by Crippen LogP contribution is -2.29. The molecule has 4 aromatic carbocycles. The van der Waals surface area contributed by atoms with E-state index in [0.717, 1.165) is 5.65 Å². The first-order valence-corrected chi connectivity index (χ1v) is 11.7. The zero-order valence-electron chi connectivity index (χ0n) is 17.6. The third-order valence-electron chi connectivity index (χ3n) is 6.76. The molecule has 152 valence electrons. The molecule has 2 aromatic heterocycles. The van der Waals surface area contributed by atoms with Gasteiger partial charge in [-0.3, -0.25) is 4.40 Å². The average molecular weight is 429 g/mol. The van der Waals surface area contributed by atoms with Crippen molar-refractivity contribution in [2.45, 2.75) is 16.6 Å². The van der Waals surface area contributed by atoms with Gasteiger partial charge in [0.05, 0.1) is 17.4 Å². The quantitative estimate of drug-likeness (QED) is 0.268. The number of nitrogens with zero attached hydrogens (tertiary/aromatic N) is 2. The predicted molar refractivity (Wildman–Crippen MR) is 134 cm³/mol. The molecule has 3 heteroatoms. The molecule has 32 heavy (non-hydrogen) atoms. The van der Waals surface area contributed by atoms with Crippen molar-refractivity contribution in [3.8, 4) is 0 Å². The van der Waals surface area contributed by atoms with Crippen LogP contribution in [0, 0.1) is 6.92 Å². The Kier molecular flexibility index (Phi) is 3.65. The van der Waals surface area contributed by atoms with E-state index in [0.29, 0.717) is 0 Å². The van der Waals surface area contributed by atoms with E-state index in [2.05, 4.69) is 115 Å². The van der Waals surface area contributed by atoms with Crippen molar-refractivity contribution < 1.29 is 0 Å². The van der Waals surface area contributed by atoms with Crippen LogP contribution in [-0.4, -0.2) is 9.38 Å². The Labute approximate surface area is 190 Å². The van der Waals surface area contributed by atoms with Crippen molar-refractivity contribution in [1.82, 2.24) is 9.38 Å². The zero-order valence-corrected chi connectivity index (χ0v) is 18.4. The predicted octanol–water partition coefficient (Wildman–Crippen LogP) is 7.35. The van der Waals surface area contributed by atoms with E-state index in [1.165, 1.54) is 49.0 Å². The molecule has 1 aliphatic heterocycles. The van der Waals surface area contributed by atoms with Crippen LogP contribution in [0.25, 0.3) is 27.3 Å². The Hall–Kier alpha value is -3.56. The van der Waals surface area contributed by atoms with Crippen molar-refractivity contribution in [2.75, 3.05) is 0 Å². The van der Waals surface area contributed by atoms with Crippen LogP contribution in [0.5, 0.6) is 0 Å². The van der Waals surface area contributed by atoms with E-state index >= 15 is 0 Å². The van der Waals surface area contributed by atoms with Gasteiger partial charge in [0.25, 0.3) is 0 Å². The molecule has 2 nitrogen and oxygen atoms in total. The molecule has 0 fully saturated rings. The van der Waals surface area contributed by atoms with E-state index in [1.807, 2.05) is 11.8 Å². The summed E-state index contributed by atoms with van der Waals surface area (Å²) in [6.45, 7) is 2.22. The van der Waals surface area contributed by atoms with Gasteiger partial charge in [-0.05, 0) is 35.1 Å². The summed E-state index contributed by atoms with van der Waals surface area (Å²) in [6.07, 6.45) is 2.10. The molecule has 0 radical (unpaired) electrons. The Bertz CT molecular complexity index is 1610. The highest BCUT2D eigenvalue weighted by Gasteiger charge is 2.44. The molecular weight excluding hydrogens is 408 g/mol. The largest absolute Gasteiger partial charge is 0.293 e. The molecule has 1 aliphatic rings. The smallest absolute Gasteiger partial charge is 0.145 e. The van der Waals surface area contributed by atoms with Crippen LogP contribution in [-0.2, 0) is 4.75 Å². The maximum atomic E-state index is 5.03. The fourth-order valence-corrected chi connectivity index (χ4v) is 6.89. The fraction of sp³-hybridized carbons (Fsp3) is 0.0690. The first-order chi connectivity index (χ1) is 15.8. The van der Waals surface area contributed by atoms with Crippen molar-refractivity contribution in [3.05, 3.63) is 126 Å². The lowest BCUT2D eigenvalue weighted by Gasteiger charge is -2.38. The molecule has 0 bridgehead atoms. The van der Waals surface area contributed by atoms with Gasteiger partial charge in [-0.25, -0.2) is 4.98 Å². The maximum Gasteiger partial charge on any atom is 0.145 e. The molecule has 0 amide bonds. The lowest BCUT2D eigenvalue weighted by atomic mass is 9.87. The third-order valence-corrected chi connectivity index (χ3v) is 8.29. The van der Waals surface area contributed by atoms with Gasteiger partial charge < -0.3 is 0 Å². The minimum Gasteiger partial charge on any atom is -0.293 e. The van der Waals surface area contributed by atoms with Crippen molar-refractivity contribution >= 4 is 39.1 Å². The molecule has 0 saturated carbocycles. The van der Waals surface area contributed by atoms with E-state index in [4.69, 9.17) is 4.98 Å². The van der Waals surface area contributed by atoms with Gasteiger partial charge in [0.2, 0.25) is 0 Å². The number of fused-ring (bicyclic) bond motifs is 3. The summed E-state index contributed by atoms with van der Waals surface area (Å²) >= 11 is 1.94. The van der Waals surface area contributed by atoms with Crippen LogP contribution in [0.4, 0.5) is 0 Å². The monoisotopic (exact) mass is 428 g/mol. The first-order valence-electron chi connectivity index (χ1n) is 10.9. The van der Waals surface area contributed by atoms with Gasteiger partial charge in [0, 0.05) is 15.7 Å². The summed E-state index contributed by atoms with van der Waals surface area (Å²) in [5.41, 5.74) is 7.36. The second-order valence-corrected chi connectivity index (χ2v) is 9.72. The van der Waals surface area contributed by atoms with Crippen molar-refractivity contribution in [3.63, 3.8) is 0 Å². The second kappa shape index (κ2) is 6.47. The van der Waals surface area contributed by atoms with Crippen molar-refractivity contribution in [1.29, 1.82) is 0 Å². The zero-order chi connectivity index (χ0) is 21.3. The van der Waals surface area contributed by atoms with E-state index < -0.39 is 0 Å². The molecule has 3 heterocycles. The Morgan fingerprint density at radius 2 is 1.34 bits per heavy atom. The summed E-state index contributed by atoms with van der Waals surface area (Å²) in [5.74, 6) is 0. The van der Waals surface area contributed by atoms with Gasteiger partial charge in [-0.2, -0.15) is 0 Å². The van der Waals surface area contributed by atoms with Gasteiger partial charge in [-0.1, -0.05) is 91.0 Å². The number of benzene rings is 4. The Morgan fingerprint density at radius 1 is 0.719 bits per heavy atom. The van der Waals surface area contributed by atoms with E-state index in [-0.39, 0.29) is 4.75 Å². The number of imidazole rings is 1. The van der Waals surface area contributed by atoms with Gasteiger partial charge >= 0.3 is 0 Å². The number of aryl methyl sites for hydroxylation is 1. The van der Waals surface area contributed by atoms with Gasteiger partial charge in [0.15, 0.2) is 0 Å². The number of rotatable bonds is 2. The third kappa shape index (κ3) is 2.19. The Morgan fingerprint density at radius 3 is 2.03 bits per heavy atom. The van der Waals surface area contributed by atoms with Crippen LogP contribution in [0.15, 0.2) is 108 Å². The summed E-state index contributed by atoms with van der Waals surface area (Å²) in [4.78, 5) is 6.32. The van der Waals surface area contributed by atoms with E-state index in [1.54, 1.807) is 0 Å². The minimum atomic E-state index is -0.375. The molecule has 7 rings (SSSR count). The van der Waals surface area contributed by atoms with Crippen LogP contribution >= 0.6 is 11.8 Å². The number of pyridine rings is 1. The molecule has 0 saturated heterocycles. The molecule has 0 N–H and O–H groups in total. The molecule has 0 aliphatic carbocycles. The fourth-order valence-electron chi connectivity index (χ4n) is 5.37. The normalized spacial score (nSPS) is 14.5.